The first kappa shape index (κ1) is 17.0. The van der Waals surface area contributed by atoms with Gasteiger partial charge in [0.05, 0.1) is 45.4 Å². The number of carbonyl (C=O) groups is 1. The molecule has 6 nitrogen and oxygen atoms in total. The van der Waals surface area contributed by atoms with Crippen LogP contribution in [0.4, 0.5) is 4.39 Å². The number of hydrogen-bond donors (Lipinski definition) is 1. The van der Waals surface area contributed by atoms with Crippen molar-refractivity contribution < 1.29 is 9.18 Å². The summed E-state index contributed by atoms with van der Waals surface area (Å²) >= 11 is 1.58. The Kier molecular flexibility index (Phi) is 3.77. The molecular weight excluding hydrogens is 377 g/mol. The van der Waals surface area contributed by atoms with Crippen molar-refractivity contribution >= 4 is 28.1 Å². The summed E-state index contributed by atoms with van der Waals surface area (Å²) in [6.07, 6.45) is 6.60. The van der Waals surface area contributed by atoms with Crippen molar-refractivity contribution in [2.75, 3.05) is 0 Å². The van der Waals surface area contributed by atoms with Gasteiger partial charge in [-0.3, -0.25) is 9.78 Å². The summed E-state index contributed by atoms with van der Waals surface area (Å²) in [7, 11) is 0. The predicted octanol–water partition coefficient (Wildman–Crippen LogP) is 3.74. The topological polar surface area (TPSA) is 72.7 Å². The molecule has 4 aromatic rings. The average Bonchev–Trinajstić information content (AvgIpc) is 3.12. The third kappa shape index (κ3) is 2.77. The van der Waals surface area contributed by atoms with Crippen molar-refractivity contribution in [3.63, 3.8) is 0 Å². The lowest BCUT2D eigenvalue weighted by atomic mass is 10.1. The Hall–Kier alpha value is -3.13. The number of amides is 1. The van der Waals surface area contributed by atoms with E-state index in [4.69, 9.17) is 0 Å². The highest BCUT2D eigenvalue weighted by molar-refractivity contribution is 7.09. The van der Waals surface area contributed by atoms with Crippen molar-refractivity contribution in [3.05, 3.63) is 70.3 Å². The summed E-state index contributed by atoms with van der Waals surface area (Å²) in [5.41, 5.74) is 2.40. The van der Waals surface area contributed by atoms with Gasteiger partial charge >= 0.3 is 0 Å². The molecule has 5 rings (SSSR count). The maximum atomic E-state index is 13.2. The maximum absolute atomic E-state index is 13.2. The summed E-state index contributed by atoms with van der Waals surface area (Å²) in [5, 5.41) is 11.2. The van der Waals surface area contributed by atoms with Crippen LogP contribution in [0.1, 0.15) is 33.9 Å². The van der Waals surface area contributed by atoms with Crippen LogP contribution in [-0.2, 0) is 5.54 Å². The quantitative estimate of drug-likeness (QED) is 0.573. The minimum Gasteiger partial charge on any atom is -0.341 e. The molecule has 0 aliphatic heterocycles. The van der Waals surface area contributed by atoms with Gasteiger partial charge in [-0.1, -0.05) is 0 Å². The molecule has 1 N–H and O–H groups in total. The summed E-state index contributed by atoms with van der Waals surface area (Å²) in [4.78, 5) is 21.8. The third-order valence-corrected chi connectivity index (χ3v) is 5.80. The highest BCUT2D eigenvalue weighted by Gasteiger charge is 2.47. The zero-order valence-corrected chi connectivity index (χ0v) is 15.8. The van der Waals surface area contributed by atoms with E-state index in [1.807, 2.05) is 12.3 Å². The first-order valence-electron chi connectivity index (χ1n) is 8.89. The van der Waals surface area contributed by atoms with Crippen LogP contribution in [0.2, 0.25) is 0 Å². The number of nitrogens with one attached hydrogen (secondary N) is 1. The number of thiazole rings is 1. The van der Waals surface area contributed by atoms with Crippen LogP contribution >= 0.6 is 11.3 Å². The van der Waals surface area contributed by atoms with Gasteiger partial charge in [-0.05, 0) is 44.0 Å². The van der Waals surface area contributed by atoms with E-state index in [1.54, 1.807) is 46.7 Å². The zero-order valence-electron chi connectivity index (χ0n) is 15.0. The Bertz CT molecular complexity index is 1190. The number of rotatable bonds is 4. The molecule has 3 aromatic heterocycles. The maximum Gasteiger partial charge on any atom is 0.254 e. The van der Waals surface area contributed by atoms with Crippen LogP contribution in [0, 0.1) is 12.7 Å². The van der Waals surface area contributed by atoms with Crippen LogP contribution in [0.25, 0.3) is 16.6 Å². The van der Waals surface area contributed by atoms with Gasteiger partial charge in [0.2, 0.25) is 0 Å². The molecule has 0 spiro atoms. The Balaban J connectivity index is 1.50. The second-order valence-electron chi connectivity index (χ2n) is 6.94. The van der Waals surface area contributed by atoms with Gasteiger partial charge in [0, 0.05) is 17.0 Å². The Morgan fingerprint density at radius 1 is 1.21 bits per heavy atom. The van der Waals surface area contributed by atoms with Crippen LogP contribution < -0.4 is 5.32 Å². The molecule has 8 heteroatoms. The number of carbonyl (C=O) groups excluding carboxylic acids is 1. The molecule has 1 amide bonds. The summed E-state index contributed by atoms with van der Waals surface area (Å²) in [5.74, 6) is -0.509. The molecule has 0 atom stereocenters. The molecule has 1 fully saturated rings. The van der Waals surface area contributed by atoms with Crippen molar-refractivity contribution in [1.82, 2.24) is 25.1 Å². The number of pyridine rings is 1. The molecule has 0 saturated heterocycles. The molecule has 140 valence electrons. The average molecular weight is 393 g/mol. The summed E-state index contributed by atoms with van der Waals surface area (Å²) < 4.78 is 14.9. The van der Waals surface area contributed by atoms with E-state index in [1.165, 1.54) is 12.1 Å². The number of fused-ring (bicyclic) bond motifs is 1. The minimum absolute atomic E-state index is 0.195. The van der Waals surface area contributed by atoms with Crippen molar-refractivity contribution in [2.24, 2.45) is 0 Å². The first-order valence-corrected chi connectivity index (χ1v) is 9.76. The van der Waals surface area contributed by atoms with Crippen molar-refractivity contribution in [2.45, 2.75) is 25.3 Å². The van der Waals surface area contributed by atoms with Gasteiger partial charge in [0.1, 0.15) is 5.82 Å². The van der Waals surface area contributed by atoms with Crippen LogP contribution in [-0.4, -0.2) is 25.7 Å². The monoisotopic (exact) mass is 393 g/mol. The number of benzene rings is 1. The van der Waals surface area contributed by atoms with Crippen LogP contribution in [0.15, 0.2) is 48.2 Å². The van der Waals surface area contributed by atoms with Crippen molar-refractivity contribution in [1.29, 1.82) is 0 Å². The molecular formula is C20H16FN5OS. The molecule has 0 unspecified atom stereocenters. The molecule has 1 aliphatic carbocycles. The smallest absolute Gasteiger partial charge is 0.254 e. The second kappa shape index (κ2) is 6.20. The molecule has 0 bridgehead atoms. The normalized spacial score (nSPS) is 14.9. The molecule has 1 aliphatic rings. The highest BCUT2D eigenvalue weighted by Crippen LogP contribution is 2.45. The lowest BCUT2D eigenvalue weighted by Gasteiger charge is -2.15. The van der Waals surface area contributed by atoms with E-state index in [0.717, 1.165) is 23.5 Å². The van der Waals surface area contributed by atoms with E-state index in [9.17, 15) is 9.18 Å². The van der Waals surface area contributed by atoms with E-state index in [2.05, 4.69) is 20.4 Å². The zero-order chi connectivity index (χ0) is 19.3. The number of hydrogen-bond acceptors (Lipinski definition) is 5. The largest absolute Gasteiger partial charge is 0.341 e. The Labute approximate surface area is 164 Å². The fourth-order valence-corrected chi connectivity index (χ4v) is 4.06. The lowest BCUT2D eigenvalue weighted by Crippen LogP contribution is -2.35. The van der Waals surface area contributed by atoms with E-state index in [-0.39, 0.29) is 17.3 Å². The van der Waals surface area contributed by atoms with E-state index >= 15 is 0 Å². The van der Waals surface area contributed by atoms with Crippen molar-refractivity contribution in [3.8, 4) is 5.69 Å². The fourth-order valence-electron chi connectivity index (χ4n) is 3.35. The van der Waals surface area contributed by atoms with Crippen LogP contribution in [0.5, 0.6) is 0 Å². The Morgan fingerprint density at radius 2 is 2.00 bits per heavy atom. The second-order valence-corrected chi connectivity index (χ2v) is 8.00. The SMILES string of the molecule is Cc1nc(C2(NC(=O)c3cncc4c3cnn4-c3ccc(F)cc3)CC2)cs1. The molecule has 28 heavy (non-hydrogen) atoms. The standard InChI is InChI=1S/C20H16FN5OS/c1-12-24-18(11-28-12)20(6-7-20)25-19(27)16-8-22-10-17-15(16)9-23-26(17)14-4-2-13(21)3-5-14/h2-5,8-11H,6-7H2,1H3,(H,25,27). The van der Waals surface area contributed by atoms with Gasteiger partial charge in [-0.15, -0.1) is 11.3 Å². The summed E-state index contributed by atoms with van der Waals surface area (Å²) in [6.45, 7) is 1.96. The minimum atomic E-state index is -0.378. The molecule has 0 radical (unpaired) electrons. The van der Waals surface area contributed by atoms with Gasteiger partial charge in [-0.25, -0.2) is 14.1 Å². The van der Waals surface area contributed by atoms with Gasteiger partial charge < -0.3 is 5.32 Å². The molecule has 1 saturated carbocycles. The number of nitrogens with zero attached hydrogens (tertiary/aromatic N) is 4. The van der Waals surface area contributed by atoms with Gasteiger partial charge in [-0.2, -0.15) is 5.10 Å². The third-order valence-electron chi connectivity index (χ3n) is 5.03. The predicted molar refractivity (Wildman–Crippen MR) is 104 cm³/mol. The van der Waals surface area contributed by atoms with Gasteiger partial charge in [0.25, 0.3) is 5.91 Å². The highest BCUT2D eigenvalue weighted by atomic mass is 32.1. The fraction of sp³-hybridized carbons (Fsp3) is 0.200. The number of halogens is 1. The van der Waals surface area contributed by atoms with Crippen LogP contribution in [0.3, 0.4) is 0 Å². The van der Waals surface area contributed by atoms with E-state index < -0.39 is 0 Å². The first-order chi connectivity index (χ1) is 13.6. The van der Waals surface area contributed by atoms with Gasteiger partial charge in [0.15, 0.2) is 0 Å². The Morgan fingerprint density at radius 3 is 2.68 bits per heavy atom. The summed E-state index contributed by atoms with van der Waals surface area (Å²) in [6, 6.07) is 6.02. The number of aryl methyl sites for hydroxylation is 1. The number of aromatic nitrogens is 4. The lowest BCUT2D eigenvalue weighted by molar-refractivity contribution is 0.0931. The molecule has 1 aromatic carbocycles. The molecule has 3 heterocycles. The van der Waals surface area contributed by atoms with E-state index in [0.29, 0.717) is 22.2 Å².